The first-order chi connectivity index (χ1) is 14.2. The van der Waals surface area contributed by atoms with Crippen LogP contribution in [0.1, 0.15) is 39.2 Å². The van der Waals surface area contributed by atoms with E-state index in [-0.39, 0.29) is 29.9 Å². The third kappa shape index (κ3) is 5.44. The maximum Gasteiger partial charge on any atom is 0.330 e. The second-order valence-corrected chi connectivity index (χ2v) is 8.07. The molecule has 30 heavy (non-hydrogen) atoms. The molecular weight excluding hydrogens is 406 g/mol. The van der Waals surface area contributed by atoms with Crippen LogP contribution in [-0.4, -0.2) is 28.5 Å². The minimum atomic E-state index is -0.666. The number of nitrogens with one attached hydrogen (secondary N) is 2. The Hall–Kier alpha value is -2.74. The number of benzene rings is 1. The first kappa shape index (κ1) is 23.5. The number of hydrogen-bond donors (Lipinski definition) is 3. The molecule has 0 radical (unpaired) electrons. The first-order valence-corrected chi connectivity index (χ1v) is 10.5. The highest BCUT2D eigenvalue weighted by Gasteiger charge is 2.24. The maximum absolute atomic E-state index is 13.1. The Morgan fingerprint density at radius 2 is 2.03 bits per heavy atom. The van der Waals surface area contributed by atoms with Crippen molar-refractivity contribution in [3.05, 3.63) is 49.6 Å². The Kier molecular flexibility index (Phi) is 8.11. The number of aromatic nitrogens is 2. The fraction of sp³-hybridized carbons (Fsp3) is 0.476. The molecule has 0 saturated carbocycles. The van der Waals surface area contributed by atoms with Gasteiger partial charge in [0.2, 0.25) is 5.91 Å². The number of aromatic amines is 1. The lowest BCUT2D eigenvalue weighted by Crippen LogP contribution is -2.43. The first-order valence-electron chi connectivity index (χ1n) is 10.1. The second-order valence-electron chi connectivity index (χ2n) is 7.66. The Balaban J connectivity index is 2.39. The molecule has 2 aromatic rings. The van der Waals surface area contributed by atoms with Crippen molar-refractivity contribution in [1.82, 2.24) is 9.55 Å². The van der Waals surface area contributed by atoms with Crippen LogP contribution in [0, 0.1) is 12.8 Å². The Morgan fingerprint density at radius 3 is 2.67 bits per heavy atom. The summed E-state index contributed by atoms with van der Waals surface area (Å²) in [7, 11) is 0. The number of unbranched alkanes of at least 4 members (excludes halogenated alkanes) is 1. The molecule has 4 N–H and O–H groups in total. The van der Waals surface area contributed by atoms with Crippen molar-refractivity contribution in [2.24, 2.45) is 5.92 Å². The smallest absolute Gasteiger partial charge is 0.330 e. The molecule has 1 heterocycles. The number of amides is 1. The molecule has 1 amide bonds. The van der Waals surface area contributed by atoms with Gasteiger partial charge >= 0.3 is 5.69 Å². The fourth-order valence-electron chi connectivity index (χ4n) is 3.13. The zero-order chi connectivity index (χ0) is 22.4. The standard InChI is InChI=1S/C21H30ClN5O3/c1-5-6-10-26(17(28)11-24-16-9-7-8-15(22)14(16)4)18-19(23)27(12-13(2)3)21(30)25-20(18)29/h7-9,13,24H,5-6,10-12,23H2,1-4H3,(H,25,29,30). The summed E-state index contributed by atoms with van der Waals surface area (Å²) < 4.78 is 1.31. The van der Waals surface area contributed by atoms with Crippen LogP contribution >= 0.6 is 11.6 Å². The van der Waals surface area contributed by atoms with Crippen LogP contribution in [0.2, 0.25) is 5.02 Å². The van der Waals surface area contributed by atoms with Crippen molar-refractivity contribution in [2.75, 3.05) is 29.0 Å². The predicted molar refractivity (Wildman–Crippen MR) is 123 cm³/mol. The summed E-state index contributed by atoms with van der Waals surface area (Å²) in [4.78, 5) is 41.6. The Labute approximate surface area is 181 Å². The average molecular weight is 436 g/mol. The molecule has 1 aromatic heterocycles. The predicted octanol–water partition coefficient (Wildman–Crippen LogP) is 2.98. The fourth-order valence-corrected chi connectivity index (χ4v) is 3.30. The third-order valence-electron chi connectivity index (χ3n) is 4.77. The van der Waals surface area contributed by atoms with Gasteiger partial charge in [-0.3, -0.25) is 19.1 Å². The van der Waals surface area contributed by atoms with Crippen LogP contribution < -0.4 is 27.2 Å². The highest BCUT2D eigenvalue weighted by molar-refractivity contribution is 6.31. The SMILES string of the molecule is CCCCN(C(=O)CNc1cccc(Cl)c1C)c1c(N)n(CC(C)C)c(=O)[nH]c1=O. The van der Waals surface area contributed by atoms with Crippen LogP contribution in [0.5, 0.6) is 0 Å². The largest absolute Gasteiger partial charge is 0.383 e. The number of nitrogen functional groups attached to an aromatic ring is 1. The van der Waals surface area contributed by atoms with Crippen molar-refractivity contribution in [2.45, 2.75) is 47.1 Å². The van der Waals surface area contributed by atoms with Gasteiger partial charge in [-0.1, -0.05) is 44.9 Å². The van der Waals surface area contributed by atoms with Crippen LogP contribution in [-0.2, 0) is 11.3 Å². The molecule has 0 aliphatic carbocycles. The van der Waals surface area contributed by atoms with Crippen molar-refractivity contribution in [3.63, 3.8) is 0 Å². The number of hydrogen-bond acceptors (Lipinski definition) is 5. The third-order valence-corrected chi connectivity index (χ3v) is 5.18. The molecule has 0 spiro atoms. The lowest BCUT2D eigenvalue weighted by Gasteiger charge is -2.25. The highest BCUT2D eigenvalue weighted by atomic mass is 35.5. The molecule has 8 nitrogen and oxygen atoms in total. The van der Waals surface area contributed by atoms with E-state index in [9.17, 15) is 14.4 Å². The normalized spacial score (nSPS) is 11.0. The molecule has 0 unspecified atom stereocenters. The summed E-state index contributed by atoms with van der Waals surface area (Å²) in [5.74, 6) is -0.188. The van der Waals surface area contributed by atoms with Crippen molar-refractivity contribution in [3.8, 4) is 0 Å². The number of anilines is 3. The van der Waals surface area contributed by atoms with Gasteiger partial charge in [-0.25, -0.2) is 4.79 Å². The van der Waals surface area contributed by atoms with Gasteiger partial charge < -0.3 is 16.0 Å². The maximum atomic E-state index is 13.1. The Bertz CT molecular complexity index is 1010. The molecule has 2 rings (SSSR count). The number of carbonyl (C=O) groups is 1. The summed E-state index contributed by atoms with van der Waals surface area (Å²) in [5.41, 5.74) is 6.54. The average Bonchev–Trinajstić information content (AvgIpc) is 2.68. The van der Waals surface area contributed by atoms with Gasteiger partial charge in [0, 0.05) is 23.8 Å². The molecule has 0 aliphatic rings. The number of nitrogens with zero attached hydrogens (tertiary/aromatic N) is 2. The molecule has 0 atom stereocenters. The second kappa shape index (κ2) is 10.3. The quantitative estimate of drug-likeness (QED) is 0.560. The summed E-state index contributed by atoms with van der Waals surface area (Å²) in [6, 6.07) is 5.39. The summed E-state index contributed by atoms with van der Waals surface area (Å²) in [6.07, 6.45) is 1.51. The molecule has 0 aliphatic heterocycles. The lowest BCUT2D eigenvalue weighted by molar-refractivity contribution is -0.117. The van der Waals surface area contributed by atoms with E-state index < -0.39 is 11.2 Å². The number of halogens is 1. The topological polar surface area (TPSA) is 113 Å². The van der Waals surface area contributed by atoms with E-state index in [1.165, 1.54) is 9.47 Å². The van der Waals surface area contributed by atoms with Crippen molar-refractivity contribution < 1.29 is 4.79 Å². The number of carbonyl (C=O) groups excluding carboxylic acids is 1. The highest BCUT2D eigenvalue weighted by Crippen LogP contribution is 2.23. The minimum Gasteiger partial charge on any atom is -0.383 e. The van der Waals surface area contributed by atoms with Crippen LogP contribution in [0.3, 0.4) is 0 Å². The zero-order valence-electron chi connectivity index (χ0n) is 17.9. The van der Waals surface area contributed by atoms with Gasteiger partial charge in [0.1, 0.15) is 5.82 Å². The molecular formula is C21H30ClN5O3. The van der Waals surface area contributed by atoms with E-state index in [1.807, 2.05) is 33.8 Å². The summed E-state index contributed by atoms with van der Waals surface area (Å²) >= 11 is 6.14. The molecule has 0 fully saturated rings. The van der Waals surface area contributed by atoms with Gasteiger partial charge in [-0.15, -0.1) is 0 Å². The van der Waals surface area contributed by atoms with Gasteiger partial charge in [-0.05, 0) is 37.0 Å². The van der Waals surface area contributed by atoms with E-state index in [0.29, 0.717) is 24.5 Å². The van der Waals surface area contributed by atoms with E-state index in [4.69, 9.17) is 17.3 Å². The van der Waals surface area contributed by atoms with Crippen LogP contribution in [0.4, 0.5) is 17.2 Å². The minimum absolute atomic E-state index is 0.000777. The van der Waals surface area contributed by atoms with Crippen LogP contribution in [0.15, 0.2) is 27.8 Å². The molecule has 9 heteroatoms. The monoisotopic (exact) mass is 435 g/mol. The van der Waals surface area contributed by atoms with E-state index in [0.717, 1.165) is 17.7 Å². The number of rotatable bonds is 9. The lowest BCUT2D eigenvalue weighted by atomic mass is 10.2. The molecule has 164 valence electrons. The van der Waals surface area contributed by atoms with Crippen LogP contribution in [0.25, 0.3) is 0 Å². The Morgan fingerprint density at radius 1 is 1.33 bits per heavy atom. The van der Waals surface area contributed by atoms with E-state index >= 15 is 0 Å². The summed E-state index contributed by atoms with van der Waals surface area (Å²) in [5, 5.41) is 3.67. The van der Waals surface area contributed by atoms with Gasteiger partial charge in [-0.2, -0.15) is 0 Å². The van der Waals surface area contributed by atoms with Crippen molar-refractivity contribution >= 4 is 34.7 Å². The van der Waals surface area contributed by atoms with Gasteiger partial charge in [0.25, 0.3) is 5.56 Å². The van der Waals surface area contributed by atoms with Gasteiger partial charge in [0.15, 0.2) is 5.69 Å². The van der Waals surface area contributed by atoms with Crippen molar-refractivity contribution in [1.29, 1.82) is 0 Å². The molecule has 1 aromatic carbocycles. The van der Waals surface area contributed by atoms with E-state index in [2.05, 4.69) is 10.3 Å². The number of nitrogens with two attached hydrogens (primary N) is 1. The van der Waals surface area contributed by atoms with Gasteiger partial charge in [0.05, 0.1) is 6.54 Å². The molecule has 0 saturated heterocycles. The molecule has 0 bridgehead atoms. The number of H-pyrrole nitrogens is 1. The summed E-state index contributed by atoms with van der Waals surface area (Å²) in [6.45, 7) is 8.33. The van der Waals surface area contributed by atoms with E-state index in [1.54, 1.807) is 12.1 Å². The zero-order valence-corrected chi connectivity index (χ0v) is 18.7.